The number of hydrazone groups is 1. The van der Waals surface area contributed by atoms with Crippen molar-refractivity contribution in [2.24, 2.45) is 5.10 Å². The summed E-state index contributed by atoms with van der Waals surface area (Å²) in [4.78, 5) is 22.5. The van der Waals surface area contributed by atoms with Crippen molar-refractivity contribution >= 4 is 23.5 Å². The summed E-state index contributed by atoms with van der Waals surface area (Å²) in [6.45, 7) is 3.59. The maximum atomic E-state index is 12.1. The van der Waals surface area contributed by atoms with Gasteiger partial charge in [0.15, 0.2) is 11.5 Å². The van der Waals surface area contributed by atoms with E-state index in [1.807, 2.05) is 31.2 Å². The monoisotopic (exact) mass is 372 g/mol. The van der Waals surface area contributed by atoms with Gasteiger partial charge in [-0.2, -0.15) is 5.10 Å². The first-order valence-corrected chi connectivity index (χ1v) is 8.04. The molecule has 0 bridgehead atoms. The lowest BCUT2D eigenvalue weighted by atomic mass is 10.1. The van der Waals surface area contributed by atoms with Gasteiger partial charge in [-0.05, 0) is 25.5 Å². The van der Waals surface area contributed by atoms with Gasteiger partial charge in [0.25, 0.3) is 11.6 Å². The van der Waals surface area contributed by atoms with Crippen molar-refractivity contribution in [1.82, 2.24) is 5.43 Å². The smallest absolute Gasteiger partial charge is 0.274 e. The molecule has 2 aromatic carbocycles. The van der Waals surface area contributed by atoms with Gasteiger partial charge < -0.3 is 15.2 Å². The number of phenols is 1. The largest absolute Gasteiger partial charge is 0.504 e. The summed E-state index contributed by atoms with van der Waals surface area (Å²) in [5, 5.41) is 27.8. The lowest BCUT2D eigenvalue weighted by Crippen LogP contribution is -2.35. The summed E-state index contributed by atoms with van der Waals surface area (Å²) >= 11 is 0. The molecule has 1 amide bonds. The van der Waals surface area contributed by atoms with Gasteiger partial charge in [-0.3, -0.25) is 14.9 Å². The van der Waals surface area contributed by atoms with Gasteiger partial charge in [0, 0.05) is 17.3 Å². The molecule has 0 aliphatic heterocycles. The second kappa shape index (κ2) is 8.65. The fourth-order valence-electron chi connectivity index (χ4n) is 2.27. The van der Waals surface area contributed by atoms with Gasteiger partial charge >= 0.3 is 0 Å². The average Bonchev–Trinajstić information content (AvgIpc) is 2.64. The molecule has 3 N–H and O–H groups in total. The van der Waals surface area contributed by atoms with E-state index in [1.165, 1.54) is 7.11 Å². The van der Waals surface area contributed by atoms with Crippen LogP contribution in [0.4, 0.5) is 11.4 Å². The Balaban J connectivity index is 2.08. The number of aromatic hydroxyl groups is 1. The van der Waals surface area contributed by atoms with Crippen LogP contribution in [0.2, 0.25) is 0 Å². The summed E-state index contributed by atoms with van der Waals surface area (Å²) in [5.74, 6) is -0.787. The third-order valence-electron chi connectivity index (χ3n) is 3.81. The fourth-order valence-corrected chi connectivity index (χ4v) is 2.27. The number of nitro benzene ring substituents is 1. The van der Waals surface area contributed by atoms with Crippen molar-refractivity contribution in [3.63, 3.8) is 0 Å². The lowest BCUT2D eigenvalue weighted by Gasteiger charge is -2.15. The number of non-ortho nitro benzene ring substituents is 1. The van der Waals surface area contributed by atoms with E-state index < -0.39 is 16.9 Å². The van der Waals surface area contributed by atoms with Crippen molar-refractivity contribution in [1.29, 1.82) is 0 Å². The fraction of sp³-hybridized carbons (Fsp3) is 0.222. The number of hydrogen-bond acceptors (Lipinski definition) is 7. The van der Waals surface area contributed by atoms with Gasteiger partial charge in [-0.15, -0.1) is 0 Å². The van der Waals surface area contributed by atoms with Crippen molar-refractivity contribution in [2.75, 3.05) is 12.4 Å². The number of nitrogens with one attached hydrogen (secondary N) is 2. The van der Waals surface area contributed by atoms with Crippen LogP contribution in [-0.2, 0) is 4.79 Å². The molecular formula is C18H20N4O5. The number of hydrogen-bond donors (Lipinski definition) is 3. The molecule has 2 aromatic rings. The molecule has 9 heteroatoms. The number of carbonyl (C=O) groups is 1. The number of nitrogens with zero attached hydrogens (tertiary/aromatic N) is 2. The van der Waals surface area contributed by atoms with E-state index in [4.69, 9.17) is 4.74 Å². The highest BCUT2D eigenvalue weighted by Gasteiger charge is 2.16. The second-order valence-corrected chi connectivity index (χ2v) is 5.76. The van der Waals surface area contributed by atoms with E-state index in [0.717, 1.165) is 29.6 Å². The summed E-state index contributed by atoms with van der Waals surface area (Å²) in [5.41, 5.74) is 3.92. The van der Waals surface area contributed by atoms with Gasteiger partial charge in [0.1, 0.15) is 6.04 Å². The first-order chi connectivity index (χ1) is 12.8. The average molecular weight is 372 g/mol. The zero-order chi connectivity index (χ0) is 20.0. The minimum atomic E-state index is -0.619. The molecule has 142 valence electrons. The highest BCUT2D eigenvalue weighted by atomic mass is 16.6. The van der Waals surface area contributed by atoms with Gasteiger partial charge in [0.2, 0.25) is 0 Å². The zero-order valence-corrected chi connectivity index (χ0v) is 15.1. The van der Waals surface area contributed by atoms with Crippen molar-refractivity contribution in [3.8, 4) is 11.5 Å². The van der Waals surface area contributed by atoms with Gasteiger partial charge in [-0.1, -0.05) is 18.2 Å². The van der Waals surface area contributed by atoms with Crippen molar-refractivity contribution in [3.05, 3.63) is 57.6 Å². The van der Waals surface area contributed by atoms with Crippen molar-refractivity contribution < 1.29 is 19.6 Å². The van der Waals surface area contributed by atoms with Crippen LogP contribution in [-0.4, -0.2) is 35.3 Å². The quantitative estimate of drug-likeness (QED) is 0.389. The van der Waals surface area contributed by atoms with E-state index >= 15 is 0 Å². The summed E-state index contributed by atoms with van der Waals surface area (Å²) < 4.78 is 4.91. The Bertz CT molecular complexity index is 882. The summed E-state index contributed by atoms with van der Waals surface area (Å²) in [7, 11) is 1.28. The number of para-hydroxylation sites is 1. The van der Waals surface area contributed by atoms with Crippen LogP contribution in [0.3, 0.4) is 0 Å². The number of nitro groups is 1. The summed E-state index contributed by atoms with van der Waals surface area (Å²) in [6, 6.07) is 9.18. The number of benzene rings is 2. The van der Waals surface area contributed by atoms with E-state index in [9.17, 15) is 20.0 Å². The molecule has 0 radical (unpaired) electrons. The van der Waals surface area contributed by atoms with E-state index in [-0.39, 0.29) is 22.7 Å². The van der Waals surface area contributed by atoms with E-state index in [0.29, 0.717) is 0 Å². The molecule has 9 nitrogen and oxygen atoms in total. The molecule has 27 heavy (non-hydrogen) atoms. The Morgan fingerprint density at radius 2 is 2.07 bits per heavy atom. The maximum Gasteiger partial charge on any atom is 0.274 e. The number of carbonyl (C=O) groups excluding carboxylic acids is 1. The molecule has 0 aromatic heterocycles. The van der Waals surface area contributed by atoms with Gasteiger partial charge in [-0.25, -0.2) is 5.43 Å². The van der Waals surface area contributed by atoms with Crippen LogP contribution in [0, 0.1) is 17.0 Å². The Morgan fingerprint density at radius 3 is 2.70 bits per heavy atom. The number of ether oxygens (including phenoxy) is 1. The normalized spacial score (nSPS) is 11.8. The SMILES string of the molecule is COc1cc([N+](=O)[O-])cc(C=NNC(=O)C(C)Nc2ccccc2C)c1O. The van der Waals surface area contributed by atoms with E-state index in [2.05, 4.69) is 15.8 Å². The number of anilines is 1. The van der Waals surface area contributed by atoms with Crippen LogP contribution >= 0.6 is 0 Å². The van der Waals surface area contributed by atoms with Crippen LogP contribution in [0.5, 0.6) is 11.5 Å². The molecule has 1 atom stereocenters. The topological polar surface area (TPSA) is 126 Å². The molecule has 1 unspecified atom stereocenters. The van der Waals surface area contributed by atoms with Crippen LogP contribution in [0.1, 0.15) is 18.1 Å². The zero-order valence-electron chi connectivity index (χ0n) is 15.1. The van der Waals surface area contributed by atoms with Gasteiger partial charge in [0.05, 0.1) is 24.3 Å². The molecule has 0 saturated heterocycles. The maximum absolute atomic E-state index is 12.1. The number of amides is 1. The second-order valence-electron chi connectivity index (χ2n) is 5.76. The molecule has 0 spiro atoms. The Kier molecular flexibility index (Phi) is 6.32. The minimum absolute atomic E-state index is 0.0425. The lowest BCUT2D eigenvalue weighted by molar-refractivity contribution is -0.385. The Morgan fingerprint density at radius 1 is 1.37 bits per heavy atom. The predicted octanol–water partition coefficient (Wildman–Crippen LogP) is 2.57. The van der Waals surface area contributed by atoms with Crippen LogP contribution < -0.4 is 15.5 Å². The highest BCUT2D eigenvalue weighted by Crippen LogP contribution is 2.33. The molecular weight excluding hydrogens is 352 g/mol. The molecule has 0 aliphatic rings. The van der Waals surface area contributed by atoms with Crippen molar-refractivity contribution in [2.45, 2.75) is 19.9 Å². The molecule has 0 saturated carbocycles. The Hall–Kier alpha value is -3.62. The number of phenolic OH excluding ortho intramolecular Hbond substituents is 1. The first kappa shape index (κ1) is 19.7. The molecule has 0 fully saturated rings. The summed E-state index contributed by atoms with van der Waals surface area (Å²) in [6.07, 6.45) is 1.11. The van der Waals surface area contributed by atoms with Crippen LogP contribution in [0.15, 0.2) is 41.5 Å². The number of aryl methyl sites for hydroxylation is 1. The third-order valence-corrected chi connectivity index (χ3v) is 3.81. The molecule has 0 heterocycles. The number of methoxy groups -OCH3 is 1. The number of rotatable bonds is 7. The molecule has 0 aliphatic carbocycles. The first-order valence-electron chi connectivity index (χ1n) is 8.04. The van der Waals surface area contributed by atoms with Crippen LogP contribution in [0.25, 0.3) is 0 Å². The standard InChI is InChI=1S/C18H20N4O5/c1-11-6-4-5-7-15(11)20-12(2)18(24)21-19-10-13-8-14(22(25)26)9-16(27-3)17(13)23/h4-10,12,20,23H,1-3H3,(H,21,24). The van der Waals surface area contributed by atoms with E-state index in [1.54, 1.807) is 6.92 Å². The highest BCUT2D eigenvalue weighted by molar-refractivity contribution is 5.89. The Labute approximate surface area is 155 Å². The predicted molar refractivity (Wildman–Crippen MR) is 101 cm³/mol. The minimum Gasteiger partial charge on any atom is -0.504 e. The molecule has 2 rings (SSSR count). The third kappa shape index (κ3) is 4.94.